The van der Waals surface area contributed by atoms with Crippen molar-refractivity contribution in [2.45, 2.75) is 43.5 Å². The second-order valence-corrected chi connectivity index (χ2v) is 9.19. The van der Waals surface area contributed by atoms with Gasteiger partial charge in [-0.2, -0.15) is 4.31 Å². The Morgan fingerprint density at radius 1 is 1.07 bits per heavy atom. The molecule has 1 fully saturated rings. The summed E-state index contributed by atoms with van der Waals surface area (Å²) in [5.41, 5.74) is 1.43. The molecule has 156 valence electrons. The summed E-state index contributed by atoms with van der Waals surface area (Å²) in [4.78, 5) is 16.7. The summed E-state index contributed by atoms with van der Waals surface area (Å²) in [6.45, 7) is 3.21. The topological polar surface area (TPSA) is 91.4 Å². The van der Waals surface area contributed by atoms with Gasteiger partial charge in [0.1, 0.15) is 0 Å². The van der Waals surface area contributed by atoms with Crippen LogP contribution < -0.4 is 10.6 Å². The second-order valence-electron chi connectivity index (χ2n) is 7.25. The number of rotatable bonds is 7. The Morgan fingerprint density at radius 2 is 1.76 bits per heavy atom. The Labute approximate surface area is 172 Å². The molecule has 2 aromatic rings. The van der Waals surface area contributed by atoms with E-state index in [0.29, 0.717) is 18.8 Å². The van der Waals surface area contributed by atoms with Crippen LogP contribution in [0.15, 0.2) is 53.6 Å². The van der Waals surface area contributed by atoms with Crippen molar-refractivity contribution in [3.05, 3.63) is 54.4 Å². The maximum absolute atomic E-state index is 12.8. The van der Waals surface area contributed by atoms with Crippen molar-refractivity contribution in [2.24, 2.45) is 0 Å². The molecule has 1 unspecified atom stereocenters. The van der Waals surface area contributed by atoms with E-state index in [9.17, 15) is 13.2 Å². The molecule has 7 nitrogen and oxygen atoms in total. The molecule has 2 heterocycles. The van der Waals surface area contributed by atoms with Crippen molar-refractivity contribution in [2.75, 3.05) is 25.0 Å². The molecule has 2 N–H and O–H groups in total. The molecule has 1 amide bonds. The minimum atomic E-state index is -3.48. The maximum Gasteiger partial charge on any atom is 0.243 e. The van der Waals surface area contributed by atoms with Gasteiger partial charge >= 0.3 is 0 Å². The third-order valence-electron chi connectivity index (χ3n) is 5.04. The van der Waals surface area contributed by atoms with Gasteiger partial charge in [-0.3, -0.25) is 9.78 Å². The number of hydrogen-bond donors (Lipinski definition) is 2. The van der Waals surface area contributed by atoms with Gasteiger partial charge in [-0.25, -0.2) is 8.42 Å². The highest BCUT2D eigenvalue weighted by Crippen LogP contribution is 2.21. The fraction of sp³-hybridized carbons (Fsp3) is 0.429. The van der Waals surface area contributed by atoms with E-state index in [4.69, 9.17) is 0 Å². The lowest BCUT2D eigenvalue weighted by Gasteiger charge is -2.20. The van der Waals surface area contributed by atoms with Crippen molar-refractivity contribution in [1.29, 1.82) is 0 Å². The van der Waals surface area contributed by atoms with Gasteiger partial charge in [0.25, 0.3) is 0 Å². The highest BCUT2D eigenvalue weighted by molar-refractivity contribution is 7.89. The zero-order chi connectivity index (χ0) is 20.7. The van der Waals surface area contributed by atoms with Crippen LogP contribution in [-0.4, -0.2) is 43.2 Å². The van der Waals surface area contributed by atoms with Gasteiger partial charge in [0.15, 0.2) is 0 Å². The van der Waals surface area contributed by atoms with E-state index in [2.05, 4.69) is 15.6 Å². The Morgan fingerprint density at radius 3 is 2.38 bits per heavy atom. The number of carbonyl (C=O) groups excluding carboxylic acids is 1. The second kappa shape index (κ2) is 9.96. The Hall–Kier alpha value is -2.29. The molecule has 1 aliphatic rings. The number of benzene rings is 1. The smallest absolute Gasteiger partial charge is 0.243 e. The summed E-state index contributed by atoms with van der Waals surface area (Å²) in [6.07, 6.45) is 5.66. The highest BCUT2D eigenvalue weighted by atomic mass is 32.2. The predicted octanol–water partition coefficient (Wildman–Crippen LogP) is 2.94. The van der Waals surface area contributed by atoms with Gasteiger partial charge < -0.3 is 10.6 Å². The minimum Gasteiger partial charge on any atom is -0.325 e. The fourth-order valence-electron chi connectivity index (χ4n) is 3.33. The van der Waals surface area contributed by atoms with Crippen LogP contribution in [0.2, 0.25) is 0 Å². The number of aromatic nitrogens is 1. The first kappa shape index (κ1) is 21.4. The van der Waals surface area contributed by atoms with Gasteiger partial charge in [0, 0.05) is 31.0 Å². The lowest BCUT2D eigenvalue weighted by atomic mass is 10.2. The number of pyridine rings is 1. The average molecular weight is 417 g/mol. The van der Waals surface area contributed by atoms with Crippen molar-refractivity contribution in [3.8, 4) is 0 Å². The number of sulfonamides is 1. The van der Waals surface area contributed by atoms with Crippen LogP contribution in [0.4, 0.5) is 5.69 Å². The third-order valence-corrected chi connectivity index (χ3v) is 6.95. The first-order valence-corrected chi connectivity index (χ1v) is 11.5. The van der Waals surface area contributed by atoms with E-state index in [1.807, 2.05) is 25.1 Å². The SMILES string of the molecule is CC(NCC(=O)Nc1ccc(S(=O)(=O)N2CCCCCC2)cc1)c1ccccn1. The number of anilines is 1. The summed E-state index contributed by atoms with van der Waals surface area (Å²) in [5.74, 6) is -0.198. The molecule has 0 saturated carbocycles. The number of nitrogens with zero attached hydrogens (tertiary/aromatic N) is 2. The Balaban J connectivity index is 1.55. The van der Waals surface area contributed by atoms with E-state index >= 15 is 0 Å². The maximum atomic E-state index is 12.8. The molecule has 3 rings (SSSR count). The quantitative estimate of drug-likeness (QED) is 0.724. The van der Waals surface area contributed by atoms with E-state index in [1.54, 1.807) is 34.8 Å². The van der Waals surface area contributed by atoms with E-state index in [-0.39, 0.29) is 23.4 Å². The van der Waals surface area contributed by atoms with Crippen LogP contribution in [0.1, 0.15) is 44.3 Å². The van der Waals surface area contributed by atoms with Crippen LogP contribution in [0.25, 0.3) is 0 Å². The molecule has 1 aromatic carbocycles. The summed E-state index contributed by atoms with van der Waals surface area (Å²) < 4.78 is 27.2. The third kappa shape index (κ3) is 5.85. The van der Waals surface area contributed by atoms with E-state index in [0.717, 1.165) is 31.4 Å². The van der Waals surface area contributed by atoms with Gasteiger partial charge in [-0.15, -0.1) is 0 Å². The van der Waals surface area contributed by atoms with Gasteiger partial charge in [-0.1, -0.05) is 18.9 Å². The number of hydrogen-bond acceptors (Lipinski definition) is 5. The molecule has 1 aliphatic heterocycles. The van der Waals surface area contributed by atoms with Crippen molar-refractivity contribution < 1.29 is 13.2 Å². The Kier molecular flexibility index (Phi) is 7.35. The summed E-state index contributed by atoms with van der Waals surface area (Å²) >= 11 is 0. The number of nitrogens with one attached hydrogen (secondary N) is 2. The molecule has 1 aromatic heterocycles. The highest BCUT2D eigenvalue weighted by Gasteiger charge is 2.25. The van der Waals surface area contributed by atoms with Crippen LogP contribution in [0, 0.1) is 0 Å². The van der Waals surface area contributed by atoms with Crippen molar-refractivity contribution >= 4 is 21.6 Å². The average Bonchev–Trinajstić information content (AvgIpc) is 3.03. The monoisotopic (exact) mass is 416 g/mol. The zero-order valence-electron chi connectivity index (χ0n) is 16.7. The molecular weight excluding hydrogens is 388 g/mol. The first-order valence-electron chi connectivity index (χ1n) is 10.0. The lowest BCUT2D eigenvalue weighted by molar-refractivity contribution is -0.115. The predicted molar refractivity (Wildman–Crippen MR) is 113 cm³/mol. The van der Waals surface area contributed by atoms with Crippen molar-refractivity contribution in [3.63, 3.8) is 0 Å². The molecular formula is C21H28N4O3S. The lowest BCUT2D eigenvalue weighted by Crippen LogP contribution is -2.32. The summed E-state index contributed by atoms with van der Waals surface area (Å²) in [7, 11) is -3.48. The molecule has 29 heavy (non-hydrogen) atoms. The molecule has 1 saturated heterocycles. The minimum absolute atomic E-state index is 0.0527. The van der Waals surface area contributed by atoms with Gasteiger partial charge in [0.05, 0.1) is 17.1 Å². The van der Waals surface area contributed by atoms with Crippen LogP contribution in [0.3, 0.4) is 0 Å². The summed E-state index contributed by atoms with van der Waals surface area (Å²) in [5, 5.41) is 5.91. The van der Waals surface area contributed by atoms with Gasteiger partial charge in [0.2, 0.25) is 15.9 Å². The summed E-state index contributed by atoms with van der Waals surface area (Å²) in [6, 6.07) is 12.0. The Bertz CT molecular complexity index is 893. The fourth-order valence-corrected chi connectivity index (χ4v) is 4.85. The molecule has 0 radical (unpaired) electrons. The first-order chi connectivity index (χ1) is 14.0. The van der Waals surface area contributed by atoms with Crippen molar-refractivity contribution in [1.82, 2.24) is 14.6 Å². The molecule has 0 aliphatic carbocycles. The van der Waals surface area contributed by atoms with Gasteiger partial charge in [-0.05, 0) is 56.2 Å². The van der Waals surface area contributed by atoms with E-state index in [1.165, 1.54) is 0 Å². The molecule has 8 heteroatoms. The number of amides is 1. The normalized spacial score (nSPS) is 16.7. The zero-order valence-corrected chi connectivity index (χ0v) is 17.5. The molecule has 0 bridgehead atoms. The van der Waals surface area contributed by atoms with Crippen LogP contribution in [-0.2, 0) is 14.8 Å². The van der Waals surface area contributed by atoms with Crippen LogP contribution in [0.5, 0.6) is 0 Å². The number of carbonyl (C=O) groups is 1. The molecule has 1 atom stereocenters. The largest absolute Gasteiger partial charge is 0.325 e. The standard InChI is InChI=1S/C21H28N4O3S/c1-17(20-8-4-5-13-22-20)23-16-21(26)24-18-9-11-19(12-10-18)29(27,28)25-14-6-2-3-7-15-25/h4-5,8-13,17,23H,2-3,6-7,14-16H2,1H3,(H,24,26). The van der Waals surface area contributed by atoms with Crippen LogP contribution >= 0.6 is 0 Å². The molecule has 0 spiro atoms. The van der Waals surface area contributed by atoms with E-state index < -0.39 is 10.0 Å².